The van der Waals surface area contributed by atoms with Crippen LogP contribution in [0.4, 0.5) is 0 Å². The van der Waals surface area contributed by atoms with E-state index in [-0.39, 0.29) is 12.4 Å². The minimum atomic E-state index is 0. The van der Waals surface area contributed by atoms with Crippen molar-refractivity contribution in [1.29, 1.82) is 0 Å². The minimum Gasteiger partial charge on any atom is -0.493 e. The topological polar surface area (TPSA) is 21.7 Å². The smallest absolute Gasteiger partial charge is 0.164 e. The molecular weight excluding hydrogens is 310 g/mol. The number of halogens is 1. The predicted octanol–water partition coefficient (Wildman–Crippen LogP) is 3.81. The van der Waals surface area contributed by atoms with Gasteiger partial charge in [0.1, 0.15) is 0 Å². The summed E-state index contributed by atoms with van der Waals surface area (Å²) in [6.45, 7) is 1.21. The highest BCUT2D eigenvalue weighted by atomic mass is 35.5. The Hall–Kier alpha value is -0.930. The summed E-state index contributed by atoms with van der Waals surface area (Å²) < 4.78 is 11.5. The van der Waals surface area contributed by atoms with Gasteiger partial charge in [-0.1, -0.05) is 18.9 Å². The van der Waals surface area contributed by atoms with Crippen LogP contribution in [0.5, 0.6) is 11.5 Å². The van der Waals surface area contributed by atoms with E-state index in [4.69, 9.17) is 9.47 Å². The number of hydrogen-bond acceptors (Lipinski definition) is 3. The van der Waals surface area contributed by atoms with Gasteiger partial charge in [-0.2, -0.15) is 0 Å². The van der Waals surface area contributed by atoms with E-state index < -0.39 is 0 Å². The van der Waals surface area contributed by atoms with Crippen molar-refractivity contribution in [2.24, 2.45) is 5.92 Å². The highest BCUT2D eigenvalue weighted by Crippen LogP contribution is 2.59. The number of likely N-dealkylation sites (tertiary alicyclic amines) is 1. The maximum Gasteiger partial charge on any atom is 0.164 e. The maximum absolute atomic E-state index is 5.86. The van der Waals surface area contributed by atoms with Crippen LogP contribution in [0.15, 0.2) is 12.1 Å². The Morgan fingerprint density at radius 3 is 2.70 bits per heavy atom. The Kier molecular flexibility index (Phi) is 4.54. The zero-order valence-corrected chi connectivity index (χ0v) is 15.2. The number of likely N-dealkylation sites (N-methyl/N-ethyl adjacent to an activating group) is 1. The number of methoxy groups -OCH3 is 2. The van der Waals surface area contributed by atoms with Crippen LogP contribution in [0.2, 0.25) is 0 Å². The first-order chi connectivity index (χ1) is 10.7. The van der Waals surface area contributed by atoms with Crippen LogP contribution in [0.3, 0.4) is 0 Å². The van der Waals surface area contributed by atoms with Crippen LogP contribution >= 0.6 is 12.4 Å². The second kappa shape index (κ2) is 6.18. The van der Waals surface area contributed by atoms with Gasteiger partial charge >= 0.3 is 0 Å². The molecule has 0 aromatic heterocycles. The van der Waals surface area contributed by atoms with Gasteiger partial charge in [-0.15, -0.1) is 12.4 Å². The first kappa shape index (κ1) is 16.9. The molecule has 4 rings (SSSR count). The zero-order valence-electron chi connectivity index (χ0n) is 14.4. The first-order valence-electron chi connectivity index (χ1n) is 8.66. The number of benzene rings is 1. The second-order valence-corrected chi connectivity index (χ2v) is 7.35. The molecular formula is C19H28ClNO2. The molecule has 4 heteroatoms. The molecule has 2 aliphatic carbocycles. The quantitative estimate of drug-likeness (QED) is 0.819. The number of fused-ring (bicyclic) bond motifs is 1. The van der Waals surface area contributed by atoms with E-state index in [2.05, 4.69) is 24.1 Å². The van der Waals surface area contributed by atoms with Crippen LogP contribution in [0.25, 0.3) is 0 Å². The molecule has 2 fully saturated rings. The molecule has 2 bridgehead atoms. The molecule has 3 aliphatic rings. The van der Waals surface area contributed by atoms with Gasteiger partial charge in [-0.25, -0.2) is 0 Å². The van der Waals surface area contributed by atoms with Crippen molar-refractivity contribution in [3.63, 3.8) is 0 Å². The molecule has 0 unspecified atom stereocenters. The highest BCUT2D eigenvalue weighted by Gasteiger charge is 2.54. The fourth-order valence-electron chi connectivity index (χ4n) is 5.63. The summed E-state index contributed by atoms with van der Waals surface area (Å²) in [6.07, 6.45) is 7.86. The van der Waals surface area contributed by atoms with Gasteiger partial charge in [0.15, 0.2) is 11.5 Å². The average Bonchev–Trinajstić information content (AvgIpc) is 2.57. The van der Waals surface area contributed by atoms with Crippen molar-refractivity contribution < 1.29 is 9.47 Å². The van der Waals surface area contributed by atoms with Gasteiger partial charge in [-0.3, -0.25) is 0 Å². The molecule has 0 N–H and O–H groups in total. The normalized spacial score (nSPS) is 32.3. The lowest BCUT2D eigenvalue weighted by Gasteiger charge is -2.58. The van der Waals surface area contributed by atoms with Gasteiger partial charge in [-0.05, 0) is 56.8 Å². The van der Waals surface area contributed by atoms with Crippen LogP contribution in [0.1, 0.15) is 43.2 Å². The Labute approximate surface area is 145 Å². The summed E-state index contributed by atoms with van der Waals surface area (Å²) in [5.74, 6) is 2.70. The van der Waals surface area contributed by atoms with Crippen molar-refractivity contribution in [3.8, 4) is 11.5 Å². The summed E-state index contributed by atoms with van der Waals surface area (Å²) in [5.41, 5.74) is 3.30. The Morgan fingerprint density at radius 1 is 1.13 bits per heavy atom. The van der Waals surface area contributed by atoms with Crippen molar-refractivity contribution in [1.82, 2.24) is 4.90 Å². The molecule has 23 heavy (non-hydrogen) atoms. The highest BCUT2D eigenvalue weighted by molar-refractivity contribution is 5.85. The van der Waals surface area contributed by atoms with Crippen molar-refractivity contribution in [2.45, 2.75) is 50.0 Å². The molecule has 0 amide bonds. The summed E-state index contributed by atoms with van der Waals surface area (Å²) in [4.78, 5) is 2.61. The molecule has 0 radical (unpaired) electrons. The van der Waals surface area contributed by atoms with E-state index in [0.29, 0.717) is 11.5 Å². The van der Waals surface area contributed by atoms with Gasteiger partial charge in [0, 0.05) is 17.0 Å². The SMILES string of the molecule is COc1ccc2c(c1OC)[C@]13CCCC[C@@H]1[C@H](C2)N(C)CC3.Cl. The number of ether oxygens (including phenoxy) is 2. The van der Waals surface area contributed by atoms with E-state index in [1.165, 1.54) is 56.2 Å². The number of hydrogen-bond donors (Lipinski definition) is 0. The lowest BCUT2D eigenvalue weighted by Crippen LogP contribution is -2.59. The Bertz CT molecular complexity index is 591. The molecule has 1 saturated carbocycles. The molecule has 3 atom stereocenters. The standard InChI is InChI=1S/C19H27NO2.ClH/c1-20-11-10-19-9-5-4-6-14(19)15(20)12-13-7-8-16(21-2)18(22-3)17(13)19;/h7-8,14-15H,4-6,9-12H2,1-3H3;1H/t14-,15+,19+;/m1./s1. The predicted molar refractivity (Wildman–Crippen MR) is 95.2 cm³/mol. The van der Waals surface area contributed by atoms with Crippen molar-refractivity contribution >= 4 is 12.4 Å². The summed E-state index contributed by atoms with van der Waals surface area (Å²) in [5, 5.41) is 0. The van der Waals surface area contributed by atoms with Gasteiger partial charge in [0.25, 0.3) is 0 Å². The van der Waals surface area contributed by atoms with Gasteiger partial charge in [0.05, 0.1) is 14.2 Å². The molecule has 1 aromatic carbocycles. The largest absolute Gasteiger partial charge is 0.493 e. The summed E-state index contributed by atoms with van der Waals surface area (Å²) in [7, 11) is 5.86. The Balaban J connectivity index is 0.00000156. The van der Waals surface area contributed by atoms with Crippen LogP contribution in [0, 0.1) is 5.92 Å². The van der Waals surface area contributed by atoms with Crippen molar-refractivity contribution in [3.05, 3.63) is 23.3 Å². The third-order valence-electron chi connectivity index (χ3n) is 6.60. The van der Waals surface area contributed by atoms with E-state index >= 15 is 0 Å². The third kappa shape index (κ3) is 2.27. The number of piperidine rings is 1. The van der Waals surface area contributed by atoms with Crippen molar-refractivity contribution in [2.75, 3.05) is 27.8 Å². The van der Waals surface area contributed by atoms with Gasteiger partial charge < -0.3 is 14.4 Å². The average molecular weight is 338 g/mol. The molecule has 1 heterocycles. The van der Waals surface area contributed by atoms with E-state index in [0.717, 1.165) is 17.4 Å². The summed E-state index contributed by atoms with van der Waals surface area (Å²) >= 11 is 0. The van der Waals surface area contributed by atoms with Gasteiger partial charge in [0.2, 0.25) is 0 Å². The second-order valence-electron chi connectivity index (χ2n) is 7.35. The molecule has 0 spiro atoms. The first-order valence-corrected chi connectivity index (χ1v) is 8.66. The minimum absolute atomic E-state index is 0. The fraction of sp³-hybridized carbons (Fsp3) is 0.684. The summed E-state index contributed by atoms with van der Waals surface area (Å²) in [6, 6.07) is 5.09. The van der Waals surface area contributed by atoms with Crippen LogP contribution < -0.4 is 9.47 Å². The van der Waals surface area contributed by atoms with E-state index in [1.54, 1.807) is 14.2 Å². The molecule has 3 nitrogen and oxygen atoms in total. The Morgan fingerprint density at radius 2 is 1.96 bits per heavy atom. The van der Waals surface area contributed by atoms with E-state index in [1.807, 2.05) is 0 Å². The maximum atomic E-state index is 5.86. The van der Waals surface area contributed by atoms with E-state index in [9.17, 15) is 0 Å². The molecule has 128 valence electrons. The lowest BCUT2D eigenvalue weighted by atomic mass is 9.52. The molecule has 1 saturated heterocycles. The number of rotatable bonds is 2. The number of nitrogens with zero attached hydrogens (tertiary/aromatic N) is 1. The monoisotopic (exact) mass is 337 g/mol. The molecule has 1 aliphatic heterocycles. The van der Waals surface area contributed by atoms with Crippen LogP contribution in [-0.4, -0.2) is 38.8 Å². The van der Waals surface area contributed by atoms with Crippen LogP contribution in [-0.2, 0) is 11.8 Å². The third-order valence-corrected chi connectivity index (χ3v) is 6.60. The lowest BCUT2D eigenvalue weighted by molar-refractivity contribution is 0.00129. The fourth-order valence-corrected chi connectivity index (χ4v) is 5.63. The zero-order chi connectivity index (χ0) is 15.3. The molecule has 1 aromatic rings.